The molecule has 2 unspecified atom stereocenters. The monoisotopic (exact) mass is 1080 g/mol. The molecule has 1 fully saturated rings. The van der Waals surface area contributed by atoms with E-state index in [-0.39, 0.29) is 78.0 Å². The quantitative estimate of drug-likeness (QED) is 0.0168. The zero-order valence-corrected chi connectivity index (χ0v) is 46.5. The second-order valence-electron chi connectivity index (χ2n) is 19.4. The van der Waals surface area contributed by atoms with Gasteiger partial charge in [-0.2, -0.15) is 0 Å². The molecule has 3 N–H and O–H groups in total. The maximum Gasteiger partial charge on any atom is 0.472 e. The van der Waals surface area contributed by atoms with Gasteiger partial charge in [0, 0.05) is 45.2 Å². The van der Waals surface area contributed by atoms with Gasteiger partial charge in [-0.15, -0.1) is 5.06 Å². The van der Waals surface area contributed by atoms with Gasteiger partial charge in [-0.3, -0.25) is 33.0 Å². The Labute approximate surface area is 443 Å². The molecule has 1 rings (SSSR count). The predicted molar refractivity (Wildman–Crippen MR) is 281 cm³/mol. The summed E-state index contributed by atoms with van der Waals surface area (Å²) >= 11 is 0. The van der Waals surface area contributed by atoms with Crippen LogP contribution in [0.3, 0.4) is 0 Å². The molecule has 0 aromatic heterocycles. The standard InChI is InChI=1S/C54H98N3O16P/c1-3-5-7-9-11-13-15-17-19-21-23-25-27-29-31-33-51(61)69-45-47(72-52(62)34-32-30-28-26-24-22-20-18-16-14-12-10-8-6-4-2)46-71-74(65,66)70-42-40-56-54(64)68-44-43-67-41-39-55-48(58)35-38-53(63)73-57-49(59)36-37-50(57)60/h47H,3-46H2,1-2H3,(H,55,58)(H,56,64)(H,65,66). The predicted octanol–water partition coefficient (Wildman–Crippen LogP) is 11.3. The van der Waals surface area contributed by atoms with Crippen LogP contribution in [0.1, 0.15) is 245 Å². The molecule has 0 aliphatic carbocycles. The molecule has 0 bridgehead atoms. The number of imide groups is 1. The molecular weight excluding hydrogens is 978 g/mol. The Balaban J connectivity index is 2.34. The van der Waals surface area contributed by atoms with Crippen molar-refractivity contribution in [1.29, 1.82) is 0 Å². The summed E-state index contributed by atoms with van der Waals surface area (Å²) in [6.07, 6.45) is 33.8. The second kappa shape index (κ2) is 47.8. The van der Waals surface area contributed by atoms with E-state index in [4.69, 9.17) is 32.8 Å². The van der Waals surface area contributed by atoms with Crippen molar-refractivity contribution in [2.45, 2.75) is 251 Å². The largest absolute Gasteiger partial charge is 0.472 e. The van der Waals surface area contributed by atoms with E-state index in [9.17, 15) is 43.0 Å². The number of nitrogens with one attached hydrogen (secondary N) is 2. The summed E-state index contributed by atoms with van der Waals surface area (Å²) in [5, 5.41) is 5.30. The first-order valence-electron chi connectivity index (χ1n) is 28.6. The van der Waals surface area contributed by atoms with Gasteiger partial charge in [0.05, 0.1) is 32.8 Å². The highest BCUT2D eigenvalue weighted by atomic mass is 31.2. The Morgan fingerprint density at radius 2 is 0.946 bits per heavy atom. The highest BCUT2D eigenvalue weighted by Crippen LogP contribution is 2.43. The van der Waals surface area contributed by atoms with Gasteiger partial charge in [-0.05, 0) is 12.8 Å². The van der Waals surface area contributed by atoms with Crippen molar-refractivity contribution in [3.63, 3.8) is 0 Å². The molecule has 0 aromatic rings. The van der Waals surface area contributed by atoms with E-state index in [0.717, 1.165) is 38.5 Å². The first kappa shape index (κ1) is 68.4. The van der Waals surface area contributed by atoms with Crippen LogP contribution in [0.15, 0.2) is 0 Å². The highest BCUT2D eigenvalue weighted by Gasteiger charge is 2.33. The number of phosphoric acid groups is 1. The van der Waals surface area contributed by atoms with Crippen molar-refractivity contribution in [3.8, 4) is 0 Å². The molecule has 2 atom stereocenters. The van der Waals surface area contributed by atoms with E-state index in [2.05, 4.69) is 24.5 Å². The third kappa shape index (κ3) is 42.6. The fraction of sp³-hybridized carbons (Fsp3) is 0.870. The maximum atomic E-state index is 12.8. The Morgan fingerprint density at radius 3 is 1.43 bits per heavy atom. The van der Waals surface area contributed by atoms with Gasteiger partial charge >= 0.3 is 31.8 Å². The number of hydroxylamine groups is 2. The number of esters is 2. The SMILES string of the molecule is CCCCCCCCCCCCCCCCCC(=O)OCC(COP(=O)(O)OCCNC(=O)OCCOCCNC(=O)CCC(=O)ON1C(=O)CCC1=O)OC(=O)CCCCCCCCCCCCCCCCC. The van der Waals surface area contributed by atoms with Crippen LogP contribution in [-0.2, 0) is 66.2 Å². The summed E-state index contributed by atoms with van der Waals surface area (Å²) in [5.74, 6) is -3.56. The minimum absolute atomic E-state index is 0.0102. The number of carbonyl (C=O) groups is 7. The number of hydrogen-bond acceptors (Lipinski definition) is 15. The zero-order valence-electron chi connectivity index (χ0n) is 45.7. The van der Waals surface area contributed by atoms with Gasteiger partial charge in [0.15, 0.2) is 6.10 Å². The van der Waals surface area contributed by atoms with Crippen LogP contribution in [0, 0.1) is 0 Å². The van der Waals surface area contributed by atoms with Gasteiger partial charge in [0.2, 0.25) is 5.91 Å². The summed E-state index contributed by atoms with van der Waals surface area (Å²) in [7, 11) is -4.68. The topological polar surface area (TPSA) is 249 Å². The van der Waals surface area contributed by atoms with Crippen molar-refractivity contribution < 1.29 is 75.9 Å². The average molecular weight is 1080 g/mol. The smallest absolute Gasteiger partial charge is 0.462 e. The zero-order chi connectivity index (χ0) is 54.2. The van der Waals surface area contributed by atoms with Crippen LogP contribution < -0.4 is 10.6 Å². The van der Waals surface area contributed by atoms with Gasteiger partial charge in [-0.25, -0.2) is 14.2 Å². The fourth-order valence-corrected chi connectivity index (χ4v) is 8.90. The lowest BCUT2D eigenvalue weighted by molar-refractivity contribution is -0.197. The van der Waals surface area contributed by atoms with Crippen molar-refractivity contribution in [2.24, 2.45) is 0 Å². The molecule has 1 heterocycles. The molecular formula is C54H98N3O16P. The van der Waals surface area contributed by atoms with E-state index < -0.39 is 68.9 Å². The summed E-state index contributed by atoms with van der Waals surface area (Å²) in [6, 6.07) is 0. The van der Waals surface area contributed by atoms with E-state index in [1.54, 1.807) is 0 Å². The Kier molecular flexibility index (Phi) is 44.2. The third-order valence-electron chi connectivity index (χ3n) is 12.5. The van der Waals surface area contributed by atoms with Crippen LogP contribution in [0.4, 0.5) is 4.79 Å². The minimum atomic E-state index is -4.68. The highest BCUT2D eigenvalue weighted by molar-refractivity contribution is 7.47. The van der Waals surface area contributed by atoms with Gasteiger partial charge < -0.3 is 39.3 Å². The molecule has 0 radical (unpaired) electrons. The summed E-state index contributed by atoms with van der Waals surface area (Å²) in [4.78, 5) is 99.4. The van der Waals surface area contributed by atoms with E-state index in [0.29, 0.717) is 17.9 Å². The minimum Gasteiger partial charge on any atom is -0.462 e. The average Bonchev–Trinajstić information content (AvgIpc) is 3.69. The molecule has 1 saturated heterocycles. The van der Waals surface area contributed by atoms with Crippen molar-refractivity contribution in [2.75, 3.05) is 52.7 Å². The Morgan fingerprint density at radius 1 is 0.500 bits per heavy atom. The lowest BCUT2D eigenvalue weighted by Crippen LogP contribution is -2.33. The van der Waals surface area contributed by atoms with Crippen LogP contribution in [-0.4, -0.2) is 111 Å². The van der Waals surface area contributed by atoms with Crippen molar-refractivity contribution in [1.82, 2.24) is 15.7 Å². The van der Waals surface area contributed by atoms with Crippen LogP contribution in [0.5, 0.6) is 0 Å². The number of phosphoric ester groups is 1. The van der Waals surface area contributed by atoms with Crippen molar-refractivity contribution in [3.05, 3.63) is 0 Å². The van der Waals surface area contributed by atoms with Crippen LogP contribution in [0.25, 0.3) is 0 Å². The van der Waals surface area contributed by atoms with Gasteiger partial charge in [-0.1, -0.05) is 194 Å². The van der Waals surface area contributed by atoms with E-state index >= 15 is 0 Å². The molecule has 0 saturated carbocycles. The second-order valence-corrected chi connectivity index (χ2v) is 20.8. The molecule has 430 valence electrons. The first-order chi connectivity index (χ1) is 35.9. The molecule has 74 heavy (non-hydrogen) atoms. The molecule has 20 heteroatoms. The van der Waals surface area contributed by atoms with E-state index in [1.807, 2.05) is 0 Å². The number of rotatable bonds is 52. The summed E-state index contributed by atoms with van der Waals surface area (Å²) in [5.41, 5.74) is 0. The number of hydrogen-bond donors (Lipinski definition) is 3. The molecule has 4 amide bonds. The number of alkyl carbamates (subject to hydrolysis) is 1. The summed E-state index contributed by atoms with van der Waals surface area (Å²) < 4.78 is 44.1. The Hall–Kier alpha value is -3.64. The Bertz CT molecular complexity index is 1540. The number of carbonyl (C=O) groups excluding carboxylic acids is 7. The number of ether oxygens (including phenoxy) is 4. The lowest BCUT2D eigenvalue weighted by atomic mass is 10.0. The molecule has 1 aliphatic heterocycles. The van der Waals surface area contributed by atoms with Gasteiger partial charge in [0.25, 0.3) is 11.8 Å². The number of nitrogens with zero attached hydrogens (tertiary/aromatic N) is 1. The van der Waals surface area contributed by atoms with E-state index in [1.165, 1.54) is 141 Å². The first-order valence-corrected chi connectivity index (χ1v) is 30.1. The summed E-state index contributed by atoms with van der Waals surface area (Å²) in [6.45, 7) is 2.94. The molecule has 0 spiro atoms. The number of amides is 4. The molecule has 0 aromatic carbocycles. The number of unbranched alkanes of at least 4 members (excludes halogenated alkanes) is 28. The van der Waals surface area contributed by atoms with Crippen molar-refractivity contribution >= 4 is 49.5 Å². The molecule has 19 nitrogen and oxygen atoms in total. The van der Waals surface area contributed by atoms with Gasteiger partial charge in [0.1, 0.15) is 13.2 Å². The van der Waals surface area contributed by atoms with Crippen LogP contribution >= 0.6 is 7.82 Å². The normalized spacial score (nSPS) is 13.6. The molecule has 1 aliphatic rings. The third-order valence-corrected chi connectivity index (χ3v) is 13.5. The maximum absolute atomic E-state index is 12.8. The fourth-order valence-electron chi connectivity index (χ4n) is 8.15. The lowest BCUT2D eigenvalue weighted by Gasteiger charge is -2.20. The van der Waals surface area contributed by atoms with Crippen LogP contribution in [0.2, 0.25) is 0 Å².